The topological polar surface area (TPSA) is 98.3 Å². The second-order valence-electron chi connectivity index (χ2n) is 11.7. The van der Waals surface area contributed by atoms with Gasteiger partial charge in [-0.05, 0) is 35.7 Å². The number of nitrogens with two attached hydrogens (primary N) is 1. The minimum atomic E-state index is -0.866. The average Bonchev–Trinajstić information content (AvgIpc) is 3.42. The van der Waals surface area contributed by atoms with Crippen molar-refractivity contribution < 1.29 is 9.53 Å². The fourth-order valence-corrected chi connectivity index (χ4v) is 6.67. The van der Waals surface area contributed by atoms with Crippen molar-refractivity contribution >= 4 is 40.4 Å². The van der Waals surface area contributed by atoms with E-state index in [2.05, 4.69) is 46.6 Å². The summed E-state index contributed by atoms with van der Waals surface area (Å²) in [6.45, 7) is 4.55. The van der Waals surface area contributed by atoms with Crippen LogP contribution in [-0.2, 0) is 10.3 Å². The van der Waals surface area contributed by atoms with Gasteiger partial charge < -0.3 is 20.7 Å². The van der Waals surface area contributed by atoms with Crippen LogP contribution < -0.4 is 16.0 Å². The molecule has 0 amide bonds. The van der Waals surface area contributed by atoms with E-state index in [0.717, 1.165) is 28.2 Å². The molecule has 2 aromatic heterocycles. The minimum Gasteiger partial charge on any atom is -0.394 e. The molecule has 8 nitrogen and oxygen atoms in total. The van der Waals surface area contributed by atoms with Crippen LogP contribution in [0.2, 0.25) is 5.02 Å². The SMILES string of the molecule is Cc1c(N)c(Nc2cc(N3CCOCC3)ncc2C(=O)c2ccccc2Cl)nn1C(c1ccccc1)(c1ccccc1)c1ccccc1. The first-order valence-electron chi connectivity index (χ1n) is 15.9. The first-order valence-corrected chi connectivity index (χ1v) is 16.3. The van der Waals surface area contributed by atoms with Gasteiger partial charge >= 0.3 is 0 Å². The number of morpholine rings is 1. The Hall–Kier alpha value is -5.44. The van der Waals surface area contributed by atoms with Crippen molar-refractivity contribution in [2.45, 2.75) is 12.5 Å². The van der Waals surface area contributed by atoms with E-state index in [-0.39, 0.29) is 5.78 Å². The summed E-state index contributed by atoms with van der Waals surface area (Å²) in [4.78, 5) is 20.8. The van der Waals surface area contributed by atoms with E-state index in [1.807, 2.05) is 72.3 Å². The summed E-state index contributed by atoms with van der Waals surface area (Å²) < 4.78 is 7.56. The van der Waals surface area contributed by atoms with Crippen LogP contribution in [0.25, 0.3) is 0 Å². The third kappa shape index (κ3) is 5.59. The Kier molecular flexibility index (Phi) is 8.67. The van der Waals surface area contributed by atoms with Gasteiger partial charge in [-0.1, -0.05) is 115 Å². The van der Waals surface area contributed by atoms with Crippen LogP contribution in [-0.4, -0.2) is 46.9 Å². The summed E-state index contributed by atoms with van der Waals surface area (Å²) >= 11 is 6.49. The highest BCUT2D eigenvalue weighted by Gasteiger charge is 2.41. The molecule has 0 unspecified atom stereocenters. The molecule has 7 rings (SSSR count). The molecular weight excluding hydrogens is 620 g/mol. The standard InChI is InChI=1S/C39H35ClN6O2/c1-27-36(41)38(43-34-25-35(45-21-23-48-24-22-45)42-26-32(34)37(47)31-19-11-12-20-33(31)40)44-46(27)39(28-13-5-2-6-14-28,29-15-7-3-8-16-29)30-17-9-4-10-18-30/h2-20,25-26H,21-24,41H2,1H3,(H,42,43,44). The zero-order valence-electron chi connectivity index (χ0n) is 26.5. The van der Waals surface area contributed by atoms with Crippen LogP contribution in [0, 0.1) is 6.92 Å². The number of nitrogen functional groups attached to an aromatic ring is 1. The first-order chi connectivity index (χ1) is 23.5. The molecule has 6 aromatic rings. The lowest BCUT2D eigenvalue weighted by molar-refractivity contribution is 0.103. The second kappa shape index (κ2) is 13.4. The van der Waals surface area contributed by atoms with Crippen molar-refractivity contribution in [3.8, 4) is 0 Å². The minimum absolute atomic E-state index is 0.258. The van der Waals surface area contributed by atoms with Crippen LogP contribution in [0.1, 0.15) is 38.3 Å². The maximum absolute atomic E-state index is 14.0. The van der Waals surface area contributed by atoms with Gasteiger partial charge in [-0.2, -0.15) is 5.10 Å². The zero-order chi connectivity index (χ0) is 33.1. The van der Waals surface area contributed by atoms with E-state index >= 15 is 0 Å². The van der Waals surface area contributed by atoms with Crippen molar-refractivity contribution in [2.24, 2.45) is 0 Å². The van der Waals surface area contributed by atoms with E-state index < -0.39 is 5.54 Å². The van der Waals surface area contributed by atoms with Crippen molar-refractivity contribution in [1.29, 1.82) is 0 Å². The summed E-state index contributed by atoms with van der Waals surface area (Å²) in [6.07, 6.45) is 1.60. The molecule has 240 valence electrons. The van der Waals surface area contributed by atoms with Gasteiger partial charge in [0, 0.05) is 30.9 Å². The van der Waals surface area contributed by atoms with Gasteiger partial charge in [-0.25, -0.2) is 9.67 Å². The number of carbonyl (C=O) groups excluding carboxylic acids is 1. The van der Waals surface area contributed by atoms with Crippen LogP contribution in [0.4, 0.5) is 23.0 Å². The number of hydrogen-bond donors (Lipinski definition) is 2. The number of nitrogens with zero attached hydrogens (tertiary/aromatic N) is 4. The number of carbonyl (C=O) groups is 1. The first kappa shape index (κ1) is 31.2. The Morgan fingerprint density at radius 3 is 1.92 bits per heavy atom. The Balaban J connectivity index is 1.41. The molecule has 1 aliphatic rings. The molecule has 1 aliphatic heterocycles. The van der Waals surface area contributed by atoms with E-state index in [9.17, 15) is 4.79 Å². The summed E-state index contributed by atoms with van der Waals surface area (Å²) in [5.41, 5.74) is 11.6. The molecule has 0 aliphatic carbocycles. The van der Waals surface area contributed by atoms with Crippen LogP contribution >= 0.6 is 11.6 Å². The number of anilines is 4. The lowest BCUT2D eigenvalue weighted by Crippen LogP contribution is -2.39. The predicted molar refractivity (Wildman–Crippen MR) is 191 cm³/mol. The number of hydrogen-bond acceptors (Lipinski definition) is 7. The lowest BCUT2D eigenvalue weighted by atomic mass is 9.77. The number of ether oxygens (including phenoxy) is 1. The molecule has 3 heterocycles. The van der Waals surface area contributed by atoms with Crippen LogP contribution in [0.15, 0.2) is 128 Å². The number of benzene rings is 4. The van der Waals surface area contributed by atoms with Gasteiger partial charge in [0.25, 0.3) is 0 Å². The van der Waals surface area contributed by atoms with Gasteiger partial charge in [0.05, 0.1) is 40.9 Å². The Labute approximate surface area is 284 Å². The molecule has 0 atom stereocenters. The van der Waals surface area contributed by atoms with Crippen molar-refractivity contribution in [3.05, 3.63) is 166 Å². The molecule has 0 saturated carbocycles. The van der Waals surface area contributed by atoms with Gasteiger partial charge in [0.2, 0.25) is 0 Å². The molecule has 4 aromatic carbocycles. The molecule has 0 bridgehead atoms. The van der Waals surface area contributed by atoms with Crippen molar-refractivity contribution in [2.75, 3.05) is 42.3 Å². The Morgan fingerprint density at radius 2 is 1.35 bits per heavy atom. The molecular formula is C39H35ClN6O2. The van der Waals surface area contributed by atoms with E-state index in [1.165, 1.54) is 0 Å². The molecule has 3 N–H and O–H groups in total. The van der Waals surface area contributed by atoms with Crippen LogP contribution in [0.5, 0.6) is 0 Å². The summed E-state index contributed by atoms with van der Waals surface area (Å²) in [7, 11) is 0. The Bertz CT molecular complexity index is 1950. The summed E-state index contributed by atoms with van der Waals surface area (Å²) in [5.74, 6) is 0.886. The fraction of sp³-hybridized carbons (Fsp3) is 0.154. The third-order valence-corrected chi connectivity index (χ3v) is 9.23. The quantitative estimate of drug-likeness (QED) is 0.123. The number of pyridine rings is 1. The molecule has 1 fully saturated rings. The van der Waals surface area contributed by atoms with Gasteiger partial charge in [0.1, 0.15) is 11.4 Å². The molecule has 9 heteroatoms. The smallest absolute Gasteiger partial charge is 0.198 e. The summed E-state index contributed by atoms with van der Waals surface area (Å²) in [5, 5.41) is 9.05. The number of ketones is 1. The highest BCUT2D eigenvalue weighted by molar-refractivity contribution is 6.35. The molecule has 48 heavy (non-hydrogen) atoms. The Morgan fingerprint density at radius 1 is 0.812 bits per heavy atom. The largest absolute Gasteiger partial charge is 0.394 e. The highest BCUT2D eigenvalue weighted by Crippen LogP contribution is 2.43. The maximum Gasteiger partial charge on any atom is 0.198 e. The molecule has 0 spiro atoms. The van der Waals surface area contributed by atoms with E-state index in [1.54, 1.807) is 30.5 Å². The zero-order valence-corrected chi connectivity index (χ0v) is 27.3. The average molecular weight is 655 g/mol. The highest BCUT2D eigenvalue weighted by atomic mass is 35.5. The maximum atomic E-state index is 14.0. The number of rotatable bonds is 9. The molecule has 0 radical (unpaired) electrons. The normalized spacial score (nSPS) is 13.3. The van der Waals surface area contributed by atoms with E-state index in [4.69, 9.17) is 32.2 Å². The second-order valence-corrected chi connectivity index (χ2v) is 12.1. The fourth-order valence-electron chi connectivity index (χ4n) is 6.45. The number of nitrogens with one attached hydrogen (secondary N) is 1. The van der Waals surface area contributed by atoms with Crippen molar-refractivity contribution in [1.82, 2.24) is 14.8 Å². The monoisotopic (exact) mass is 654 g/mol. The third-order valence-electron chi connectivity index (χ3n) is 8.90. The van der Waals surface area contributed by atoms with Gasteiger partial charge in [-0.15, -0.1) is 0 Å². The van der Waals surface area contributed by atoms with E-state index in [0.29, 0.717) is 59.6 Å². The lowest BCUT2D eigenvalue weighted by Gasteiger charge is -2.37. The van der Waals surface area contributed by atoms with Gasteiger partial charge in [-0.3, -0.25) is 4.79 Å². The van der Waals surface area contributed by atoms with Crippen LogP contribution in [0.3, 0.4) is 0 Å². The number of aromatic nitrogens is 3. The number of halogens is 1. The van der Waals surface area contributed by atoms with Gasteiger partial charge in [0.15, 0.2) is 11.6 Å². The predicted octanol–water partition coefficient (Wildman–Crippen LogP) is 7.47. The van der Waals surface area contributed by atoms with Crippen molar-refractivity contribution in [3.63, 3.8) is 0 Å². The summed E-state index contributed by atoms with van der Waals surface area (Å²) in [6, 6.07) is 39.8. The molecule has 1 saturated heterocycles.